The summed E-state index contributed by atoms with van der Waals surface area (Å²) in [6.07, 6.45) is 5.25. The van der Waals surface area contributed by atoms with E-state index in [0.717, 1.165) is 5.56 Å². The fraction of sp³-hybridized carbons (Fsp3) is 0.231. The number of rotatable bonds is 3. The average molecular weight is 243 g/mol. The third-order valence-electron chi connectivity index (χ3n) is 2.76. The summed E-state index contributed by atoms with van der Waals surface area (Å²) in [5.74, 6) is 3.24. The molecule has 5 nitrogen and oxygen atoms in total. The first-order chi connectivity index (χ1) is 8.67. The van der Waals surface area contributed by atoms with Gasteiger partial charge in [0.15, 0.2) is 0 Å². The summed E-state index contributed by atoms with van der Waals surface area (Å²) in [6.45, 7) is 0.163. The molecular weight excluding hydrogens is 230 g/mol. The lowest BCUT2D eigenvalue weighted by Gasteiger charge is -2.20. The molecule has 2 N–H and O–H groups in total. The second-order valence-corrected chi connectivity index (χ2v) is 3.86. The molecule has 2 amide bonds. The molecule has 0 radical (unpaired) electrons. The summed E-state index contributed by atoms with van der Waals surface area (Å²) in [7, 11) is 1.57. The number of benzene rings is 1. The fourth-order valence-corrected chi connectivity index (χ4v) is 1.95. The van der Waals surface area contributed by atoms with Crippen molar-refractivity contribution in [2.75, 3.05) is 13.7 Å². The van der Waals surface area contributed by atoms with Crippen molar-refractivity contribution < 1.29 is 9.53 Å². The molecule has 5 heteroatoms. The van der Waals surface area contributed by atoms with E-state index < -0.39 is 6.04 Å². The monoisotopic (exact) mass is 243 g/mol. The lowest BCUT2D eigenvalue weighted by atomic mass is 10.1. The van der Waals surface area contributed by atoms with Crippen LogP contribution < -0.4 is 10.1 Å². The van der Waals surface area contributed by atoms with Crippen molar-refractivity contribution in [2.24, 2.45) is 0 Å². The van der Waals surface area contributed by atoms with Crippen LogP contribution in [0.5, 0.6) is 5.75 Å². The molecule has 1 atom stereocenters. The molecule has 18 heavy (non-hydrogen) atoms. The van der Waals surface area contributed by atoms with E-state index in [2.05, 4.69) is 11.2 Å². The summed E-state index contributed by atoms with van der Waals surface area (Å²) in [5, 5.41) is 10.3. The summed E-state index contributed by atoms with van der Waals surface area (Å²) in [5.41, 5.74) is 0.799. The number of hydrogen-bond donors (Lipinski definition) is 2. The quantitative estimate of drug-likeness (QED) is 0.787. The Balaban J connectivity index is 2.37. The first-order valence-corrected chi connectivity index (χ1v) is 5.41. The van der Waals surface area contributed by atoms with Crippen molar-refractivity contribution >= 4 is 11.9 Å². The van der Waals surface area contributed by atoms with Crippen LogP contribution >= 0.6 is 0 Å². The molecule has 0 aromatic heterocycles. The van der Waals surface area contributed by atoms with Crippen LogP contribution in [0.25, 0.3) is 0 Å². The lowest BCUT2D eigenvalue weighted by Crippen LogP contribution is -2.30. The Labute approximate surface area is 105 Å². The van der Waals surface area contributed by atoms with E-state index in [0.29, 0.717) is 5.75 Å². The zero-order chi connectivity index (χ0) is 13.1. The molecule has 1 unspecified atom stereocenters. The number of nitrogens with one attached hydrogen (secondary N) is 2. The molecule has 2 rings (SSSR count). The Hall–Kier alpha value is -2.48. The van der Waals surface area contributed by atoms with Gasteiger partial charge in [0.1, 0.15) is 17.6 Å². The number of terminal acetylenes is 1. The smallest absolute Gasteiger partial charge is 0.324 e. The van der Waals surface area contributed by atoms with Gasteiger partial charge in [-0.25, -0.2) is 4.79 Å². The molecule has 1 saturated heterocycles. The van der Waals surface area contributed by atoms with Crippen molar-refractivity contribution in [1.29, 1.82) is 5.41 Å². The minimum Gasteiger partial charge on any atom is -0.497 e. The number of urea groups is 1. The van der Waals surface area contributed by atoms with Crippen molar-refractivity contribution in [1.82, 2.24) is 10.2 Å². The van der Waals surface area contributed by atoms with Crippen LogP contribution in [-0.4, -0.2) is 30.4 Å². The minimum atomic E-state index is -0.469. The summed E-state index contributed by atoms with van der Waals surface area (Å²) in [6, 6.07) is 6.45. The highest BCUT2D eigenvalue weighted by Gasteiger charge is 2.36. The van der Waals surface area contributed by atoms with E-state index in [-0.39, 0.29) is 18.4 Å². The Kier molecular flexibility index (Phi) is 3.20. The lowest BCUT2D eigenvalue weighted by molar-refractivity contribution is 0.212. The first kappa shape index (κ1) is 12.0. The molecule has 0 aliphatic carbocycles. The maximum absolute atomic E-state index is 11.7. The molecule has 0 saturated carbocycles. The van der Waals surface area contributed by atoms with E-state index in [4.69, 9.17) is 16.6 Å². The van der Waals surface area contributed by atoms with Crippen molar-refractivity contribution in [3.05, 3.63) is 29.8 Å². The Morgan fingerprint density at radius 2 is 2.39 bits per heavy atom. The van der Waals surface area contributed by atoms with Crippen LogP contribution in [0.1, 0.15) is 11.6 Å². The zero-order valence-electron chi connectivity index (χ0n) is 9.93. The second kappa shape index (κ2) is 4.80. The van der Waals surface area contributed by atoms with E-state index in [1.54, 1.807) is 13.2 Å². The van der Waals surface area contributed by atoms with Crippen molar-refractivity contribution in [2.45, 2.75) is 6.04 Å². The number of amides is 2. The van der Waals surface area contributed by atoms with Gasteiger partial charge in [0.25, 0.3) is 0 Å². The van der Waals surface area contributed by atoms with Gasteiger partial charge in [0.2, 0.25) is 0 Å². The van der Waals surface area contributed by atoms with Crippen molar-refractivity contribution in [3.8, 4) is 18.1 Å². The van der Waals surface area contributed by atoms with Crippen LogP contribution in [0.4, 0.5) is 4.79 Å². The maximum Gasteiger partial charge on any atom is 0.324 e. The molecule has 0 spiro atoms. The first-order valence-electron chi connectivity index (χ1n) is 5.41. The highest BCUT2D eigenvalue weighted by molar-refractivity contribution is 6.06. The molecule has 1 aliphatic heterocycles. The van der Waals surface area contributed by atoms with Gasteiger partial charge in [0, 0.05) is 0 Å². The SMILES string of the molecule is C#CCN1C(=O)NC(=N)C1c1cccc(OC)c1. The molecule has 0 bridgehead atoms. The summed E-state index contributed by atoms with van der Waals surface area (Å²) >= 11 is 0. The van der Waals surface area contributed by atoms with Crippen LogP contribution in [0, 0.1) is 17.8 Å². The Bertz CT molecular complexity index is 533. The second-order valence-electron chi connectivity index (χ2n) is 3.86. The van der Waals surface area contributed by atoms with Gasteiger partial charge in [0.05, 0.1) is 13.7 Å². The van der Waals surface area contributed by atoms with E-state index in [1.165, 1.54) is 4.90 Å². The van der Waals surface area contributed by atoms with Gasteiger partial charge >= 0.3 is 6.03 Å². The molecule has 92 valence electrons. The van der Waals surface area contributed by atoms with Crippen LogP contribution in [-0.2, 0) is 0 Å². The number of methoxy groups -OCH3 is 1. The summed E-state index contributed by atoms with van der Waals surface area (Å²) in [4.78, 5) is 13.1. The van der Waals surface area contributed by atoms with Crippen LogP contribution in [0.2, 0.25) is 0 Å². The van der Waals surface area contributed by atoms with Crippen LogP contribution in [0.3, 0.4) is 0 Å². The normalized spacial score (nSPS) is 18.4. The molecule has 1 fully saturated rings. The zero-order valence-corrected chi connectivity index (χ0v) is 9.93. The van der Waals surface area contributed by atoms with Gasteiger partial charge in [-0.1, -0.05) is 18.1 Å². The van der Waals surface area contributed by atoms with E-state index >= 15 is 0 Å². The summed E-state index contributed by atoms with van der Waals surface area (Å²) < 4.78 is 5.14. The van der Waals surface area contributed by atoms with Gasteiger partial charge in [-0.3, -0.25) is 15.6 Å². The Morgan fingerprint density at radius 3 is 3.06 bits per heavy atom. The molecule has 1 heterocycles. The predicted octanol–water partition coefficient (Wildman–Crippen LogP) is 1.37. The van der Waals surface area contributed by atoms with Gasteiger partial charge in [-0.2, -0.15) is 0 Å². The predicted molar refractivity (Wildman–Crippen MR) is 67.5 cm³/mol. The Morgan fingerprint density at radius 1 is 1.61 bits per heavy atom. The third-order valence-corrected chi connectivity index (χ3v) is 2.76. The number of hydrogen-bond acceptors (Lipinski definition) is 3. The number of nitrogens with zero attached hydrogens (tertiary/aromatic N) is 1. The molecule has 1 aromatic carbocycles. The number of amidine groups is 1. The highest BCUT2D eigenvalue weighted by Crippen LogP contribution is 2.27. The van der Waals surface area contributed by atoms with E-state index in [1.807, 2.05) is 18.2 Å². The molecule has 1 aromatic rings. The van der Waals surface area contributed by atoms with E-state index in [9.17, 15) is 4.79 Å². The largest absolute Gasteiger partial charge is 0.497 e. The minimum absolute atomic E-state index is 0.128. The molecule has 1 aliphatic rings. The highest BCUT2D eigenvalue weighted by atomic mass is 16.5. The van der Waals surface area contributed by atoms with Gasteiger partial charge < -0.3 is 4.74 Å². The van der Waals surface area contributed by atoms with Crippen molar-refractivity contribution in [3.63, 3.8) is 0 Å². The number of carbonyl (C=O) groups excluding carboxylic acids is 1. The number of ether oxygens (including phenoxy) is 1. The average Bonchev–Trinajstić information content (AvgIpc) is 2.65. The fourth-order valence-electron chi connectivity index (χ4n) is 1.95. The maximum atomic E-state index is 11.7. The third kappa shape index (κ3) is 2.00. The topological polar surface area (TPSA) is 65.4 Å². The van der Waals surface area contributed by atoms with Crippen LogP contribution in [0.15, 0.2) is 24.3 Å². The van der Waals surface area contributed by atoms with Gasteiger partial charge in [-0.15, -0.1) is 6.42 Å². The molecular formula is C13H13N3O2. The standard InChI is InChI=1S/C13H13N3O2/c1-3-7-16-11(12(14)15-13(16)17)9-5-4-6-10(8-9)18-2/h1,4-6,8,11H,7H2,2H3,(H2,14,15,17). The number of carbonyl (C=O) groups is 1. The van der Waals surface area contributed by atoms with Gasteiger partial charge in [-0.05, 0) is 17.7 Å².